The molecule has 0 saturated carbocycles. The molecule has 3 aromatic rings. The lowest BCUT2D eigenvalue weighted by atomic mass is 10.2. The second-order valence-electron chi connectivity index (χ2n) is 4.80. The van der Waals surface area contributed by atoms with Crippen molar-refractivity contribution in [3.63, 3.8) is 0 Å². The smallest absolute Gasteiger partial charge is 0.263 e. The molecule has 6 heteroatoms. The lowest BCUT2D eigenvalue weighted by Gasteiger charge is -2.04. The minimum Gasteiger partial charge on any atom is -0.397 e. The number of hydrogen-bond donors (Lipinski definition) is 2. The van der Waals surface area contributed by atoms with Gasteiger partial charge in [-0.25, -0.2) is 4.98 Å². The van der Waals surface area contributed by atoms with Crippen LogP contribution in [0.1, 0.15) is 15.5 Å². The minimum atomic E-state index is -0.122. The van der Waals surface area contributed by atoms with Crippen molar-refractivity contribution in [1.29, 1.82) is 0 Å². The first-order valence-corrected chi connectivity index (χ1v) is 7.50. The fourth-order valence-corrected chi connectivity index (χ4v) is 3.28. The maximum atomic E-state index is 12.2. The van der Waals surface area contributed by atoms with Gasteiger partial charge in [-0.15, -0.1) is 11.3 Å². The fourth-order valence-electron chi connectivity index (χ4n) is 2.24. The number of amides is 1. The molecule has 108 valence electrons. The maximum Gasteiger partial charge on any atom is 0.263 e. The van der Waals surface area contributed by atoms with Crippen molar-refractivity contribution < 1.29 is 4.79 Å². The summed E-state index contributed by atoms with van der Waals surface area (Å²) in [5.41, 5.74) is 6.62. The highest BCUT2D eigenvalue weighted by Gasteiger charge is 2.15. The van der Waals surface area contributed by atoms with E-state index in [1.807, 2.05) is 42.1 Å². The Balaban J connectivity index is 1.70. The highest BCUT2D eigenvalue weighted by Crippen LogP contribution is 2.33. The summed E-state index contributed by atoms with van der Waals surface area (Å²) in [7, 11) is 1.94. The molecule has 0 radical (unpaired) electrons. The number of hydrogen-bond acceptors (Lipinski definition) is 4. The number of nitrogen functional groups attached to an aromatic ring is 1. The van der Waals surface area contributed by atoms with Gasteiger partial charge in [0.15, 0.2) is 0 Å². The number of thiophene rings is 1. The van der Waals surface area contributed by atoms with Crippen molar-refractivity contribution in [3.8, 4) is 0 Å². The predicted octanol–water partition coefficient (Wildman–Crippen LogP) is 2.19. The molecule has 3 N–H and O–H groups in total. The van der Waals surface area contributed by atoms with Crippen molar-refractivity contribution in [2.45, 2.75) is 6.42 Å². The van der Waals surface area contributed by atoms with Crippen LogP contribution in [0.15, 0.2) is 36.7 Å². The number of imidazole rings is 1. The molecule has 0 fully saturated rings. The van der Waals surface area contributed by atoms with E-state index in [4.69, 9.17) is 5.73 Å². The lowest BCUT2D eigenvalue weighted by molar-refractivity contribution is 0.0959. The van der Waals surface area contributed by atoms with Crippen LogP contribution in [0.3, 0.4) is 0 Å². The van der Waals surface area contributed by atoms with Crippen LogP contribution < -0.4 is 11.1 Å². The summed E-state index contributed by atoms with van der Waals surface area (Å²) < 4.78 is 2.98. The van der Waals surface area contributed by atoms with Crippen LogP contribution in [0.4, 0.5) is 5.69 Å². The number of nitrogens with one attached hydrogen (secondary N) is 1. The third-order valence-corrected chi connectivity index (χ3v) is 4.58. The Morgan fingerprint density at radius 1 is 1.43 bits per heavy atom. The molecule has 0 saturated heterocycles. The second-order valence-corrected chi connectivity index (χ2v) is 5.85. The molecule has 0 aliphatic carbocycles. The Bertz CT molecular complexity index is 790. The third kappa shape index (κ3) is 2.62. The summed E-state index contributed by atoms with van der Waals surface area (Å²) in [6, 6.07) is 7.78. The van der Waals surface area contributed by atoms with Gasteiger partial charge >= 0.3 is 0 Å². The van der Waals surface area contributed by atoms with E-state index in [9.17, 15) is 4.79 Å². The lowest BCUT2D eigenvalue weighted by Crippen LogP contribution is -2.26. The van der Waals surface area contributed by atoms with Crippen LogP contribution in [0.2, 0.25) is 0 Å². The van der Waals surface area contributed by atoms with E-state index in [-0.39, 0.29) is 5.91 Å². The summed E-state index contributed by atoms with van der Waals surface area (Å²) in [6.07, 6.45) is 4.34. The molecule has 1 amide bonds. The van der Waals surface area contributed by atoms with Gasteiger partial charge in [-0.05, 0) is 6.07 Å². The largest absolute Gasteiger partial charge is 0.397 e. The molecule has 0 atom stereocenters. The third-order valence-electron chi connectivity index (χ3n) is 3.40. The Hall–Kier alpha value is -2.34. The molecule has 0 aliphatic heterocycles. The van der Waals surface area contributed by atoms with E-state index in [2.05, 4.69) is 10.3 Å². The average Bonchev–Trinajstić information content (AvgIpc) is 3.04. The standard InChI is InChI=1S/C15H16N4OS/c1-19-9-8-17-12(19)6-7-18-15(20)14-13(16)10-4-2-3-5-11(10)21-14/h2-5,8-9H,6-7,16H2,1H3,(H,18,20). The van der Waals surface area contributed by atoms with Crippen LogP contribution in [-0.2, 0) is 13.5 Å². The zero-order chi connectivity index (χ0) is 14.8. The monoisotopic (exact) mass is 300 g/mol. The summed E-state index contributed by atoms with van der Waals surface area (Å²) in [4.78, 5) is 17.0. The number of aromatic nitrogens is 2. The molecule has 0 bridgehead atoms. The Morgan fingerprint density at radius 3 is 2.95 bits per heavy atom. The molecule has 21 heavy (non-hydrogen) atoms. The number of benzene rings is 1. The van der Waals surface area contributed by atoms with Gasteiger partial charge in [0.2, 0.25) is 0 Å². The van der Waals surface area contributed by atoms with Gasteiger partial charge in [-0.3, -0.25) is 4.79 Å². The molecule has 0 spiro atoms. The minimum absolute atomic E-state index is 0.122. The Kier molecular flexibility index (Phi) is 3.62. The van der Waals surface area contributed by atoms with E-state index in [0.717, 1.165) is 15.9 Å². The SMILES string of the molecule is Cn1ccnc1CCNC(=O)c1sc2ccccc2c1N. The van der Waals surface area contributed by atoms with Crippen LogP contribution in [-0.4, -0.2) is 22.0 Å². The maximum absolute atomic E-state index is 12.2. The molecule has 2 aromatic heterocycles. The number of fused-ring (bicyclic) bond motifs is 1. The van der Waals surface area contributed by atoms with E-state index < -0.39 is 0 Å². The first-order chi connectivity index (χ1) is 10.2. The predicted molar refractivity (Wildman–Crippen MR) is 85.5 cm³/mol. The summed E-state index contributed by atoms with van der Waals surface area (Å²) in [5.74, 6) is 0.822. The summed E-state index contributed by atoms with van der Waals surface area (Å²) >= 11 is 1.43. The number of nitrogens with zero attached hydrogens (tertiary/aromatic N) is 2. The molecule has 0 unspecified atom stereocenters. The van der Waals surface area contributed by atoms with Crippen molar-refractivity contribution in [1.82, 2.24) is 14.9 Å². The highest BCUT2D eigenvalue weighted by molar-refractivity contribution is 7.21. The number of nitrogens with two attached hydrogens (primary N) is 1. The first kappa shape index (κ1) is 13.6. The molecule has 0 aliphatic rings. The van der Waals surface area contributed by atoms with E-state index in [1.54, 1.807) is 6.20 Å². The molecular formula is C15H16N4OS. The first-order valence-electron chi connectivity index (χ1n) is 6.68. The van der Waals surface area contributed by atoms with Gasteiger partial charge in [0.1, 0.15) is 10.7 Å². The normalized spacial score (nSPS) is 10.9. The Morgan fingerprint density at radius 2 is 2.24 bits per heavy atom. The van der Waals surface area contributed by atoms with E-state index in [1.165, 1.54) is 11.3 Å². The van der Waals surface area contributed by atoms with Crippen molar-refractivity contribution >= 4 is 33.0 Å². The number of carbonyl (C=O) groups excluding carboxylic acids is 1. The molecule has 1 aromatic carbocycles. The van der Waals surface area contributed by atoms with Gasteiger partial charge in [0.05, 0.1) is 5.69 Å². The van der Waals surface area contributed by atoms with Crippen molar-refractivity contribution in [3.05, 3.63) is 47.4 Å². The zero-order valence-electron chi connectivity index (χ0n) is 11.7. The van der Waals surface area contributed by atoms with Gasteiger partial charge in [0, 0.05) is 42.5 Å². The summed E-state index contributed by atoms with van der Waals surface area (Å²) in [6.45, 7) is 0.539. The van der Waals surface area contributed by atoms with Crippen LogP contribution in [0.25, 0.3) is 10.1 Å². The number of anilines is 1. The molecule has 2 heterocycles. The molecule has 5 nitrogen and oxygen atoms in total. The van der Waals surface area contributed by atoms with Crippen molar-refractivity contribution in [2.75, 3.05) is 12.3 Å². The van der Waals surface area contributed by atoms with Crippen LogP contribution >= 0.6 is 11.3 Å². The van der Waals surface area contributed by atoms with Crippen molar-refractivity contribution in [2.24, 2.45) is 7.05 Å². The highest BCUT2D eigenvalue weighted by atomic mass is 32.1. The van der Waals surface area contributed by atoms with E-state index >= 15 is 0 Å². The van der Waals surface area contributed by atoms with Crippen LogP contribution in [0.5, 0.6) is 0 Å². The topological polar surface area (TPSA) is 72.9 Å². The van der Waals surface area contributed by atoms with Gasteiger partial charge in [0.25, 0.3) is 5.91 Å². The zero-order valence-corrected chi connectivity index (χ0v) is 12.5. The number of rotatable bonds is 4. The molecule has 3 rings (SSSR count). The summed E-state index contributed by atoms with van der Waals surface area (Å²) in [5, 5.41) is 3.85. The second kappa shape index (κ2) is 5.57. The van der Waals surface area contributed by atoms with Gasteiger partial charge in [-0.2, -0.15) is 0 Å². The van der Waals surface area contributed by atoms with E-state index in [0.29, 0.717) is 23.5 Å². The Labute approximate surface area is 126 Å². The molecular weight excluding hydrogens is 284 g/mol. The quantitative estimate of drug-likeness (QED) is 0.775. The number of carbonyl (C=O) groups is 1. The van der Waals surface area contributed by atoms with Gasteiger partial charge in [-0.1, -0.05) is 18.2 Å². The van der Waals surface area contributed by atoms with Crippen LogP contribution in [0, 0.1) is 0 Å². The average molecular weight is 300 g/mol. The van der Waals surface area contributed by atoms with Gasteiger partial charge < -0.3 is 15.6 Å². The fraction of sp³-hybridized carbons (Fsp3) is 0.200. The number of aryl methyl sites for hydroxylation is 1.